The fraction of sp³-hybridized carbons (Fsp3) is 0.394. The molecule has 3 heteroatoms. The van der Waals surface area contributed by atoms with E-state index in [-0.39, 0.29) is 5.82 Å². The summed E-state index contributed by atoms with van der Waals surface area (Å²) in [4.78, 5) is 0. The van der Waals surface area contributed by atoms with Crippen LogP contribution in [0.2, 0.25) is 0 Å². The van der Waals surface area contributed by atoms with Gasteiger partial charge in [-0.1, -0.05) is 119 Å². The third kappa shape index (κ3) is 9.18. The Morgan fingerprint density at radius 1 is 0.667 bits per heavy atom. The van der Waals surface area contributed by atoms with Gasteiger partial charge in [0.25, 0.3) is 0 Å². The Kier molecular flexibility index (Phi) is 12.1. The summed E-state index contributed by atoms with van der Waals surface area (Å²) < 4.78 is 14.9. The SMILES string of the molecule is CCCCCCCc1ccc(-c2ccc(C=NN=Cc3ccccc3CCCCCC)cc2F)cc1. The third-order valence-electron chi connectivity index (χ3n) is 6.65. The molecule has 0 radical (unpaired) electrons. The summed E-state index contributed by atoms with van der Waals surface area (Å²) in [5.41, 5.74) is 5.92. The summed E-state index contributed by atoms with van der Waals surface area (Å²) in [7, 11) is 0. The molecule has 0 aliphatic carbocycles. The van der Waals surface area contributed by atoms with Crippen LogP contribution >= 0.6 is 0 Å². The second kappa shape index (κ2) is 15.8. The zero-order valence-corrected chi connectivity index (χ0v) is 22.1. The first-order valence-corrected chi connectivity index (χ1v) is 13.7. The summed E-state index contributed by atoms with van der Waals surface area (Å²) in [6.45, 7) is 4.47. The van der Waals surface area contributed by atoms with E-state index < -0.39 is 0 Å². The van der Waals surface area contributed by atoms with Crippen LogP contribution < -0.4 is 0 Å². The van der Waals surface area contributed by atoms with Gasteiger partial charge >= 0.3 is 0 Å². The highest BCUT2D eigenvalue weighted by molar-refractivity contribution is 5.84. The monoisotopic (exact) mass is 484 g/mol. The van der Waals surface area contributed by atoms with E-state index in [0.717, 1.165) is 24.0 Å². The van der Waals surface area contributed by atoms with Gasteiger partial charge in [0.2, 0.25) is 0 Å². The Balaban J connectivity index is 1.56. The average molecular weight is 485 g/mol. The molecule has 0 bridgehead atoms. The molecule has 0 aliphatic heterocycles. The van der Waals surface area contributed by atoms with Crippen LogP contribution in [0.4, 0.5) is 4.39 Å². The van der Waals surface area contributed by atoms with Gasteiger partial charge in [0, 0.05) is 5.56 Å². The van der Waals surface area contributed by atoms with Gasteiger partial charge in [-0.3, -0.25) is 0 Å². The fourth-order valence-corrected chi connectivity index (χ4v) is 4.45. The number of hydrogen-bond donors (Lipinski definition) is 0. The quantitative estimate of drug-likeness (QED) is 0.117. The Bertz CT molecular complexity index is 1100. The van der Waals surface area contributed by atoms with Crippen LogP contribution in [0.15, 0.2) is 76.9 Å². The van der Waals surface area contributed by atoms with Crippen LogP contribution in [0.1, 0.15) is 93.9 Å². The Hall–Kier alpha value is -3.07. The van der Waals surface area contributed by atoms with Crippen molar-refractivity contribution in [3.8, 4) is 11.1 Å². The van der Waals surface area contributed by atoms with Crippen molar-refractivity contribution in [2.45, 2.75) is 84.5 Å². The van der Waals surface area contributed by atoms with Crippen LogP contribution in [-0.2, 0) is 12.8 Å². The highest BCUT2D eigenvalue weighted by Gasteiger charge is 2.06. The van der Waals surface area contributed by atoms with Crippen molar-refractivity contribution >= 4 is 12.4 Å². The van der Waals surface area contributed by atoms with E-state index in [0.29, 0.717) is 11.1 Å². The van der Waals surface area contributed by atoms with Crippen LogP contribution in [0.25, 0.3) is 11.1 Å². The molecule has 0 aliphatic rings. The van der Waals surface area contributed by atoms with E-state index in [1.807, 2.05) is 30.3 Å². The number of rotatable bonds is 15. The molecule has 0 unspecified atom stereocenters. The summed E-state index contributed by atoms with van der Waals surface area (Å²) in [5, 5.41) is 8.39. The van der Waals surface area contributed by atoms with Crippen molar-refractivity contribution in [3.63, 3.8) is 0 Å². The molecule has 0 spiro atoms. The largest absolute Gasteiger partial charge is 0.206 e. The predicted molar refractivity (Wildman–Crippen MR) is 154 cm³/mol. The van der Waals surface area contributed by atoms with E-state index in [9.17, 15) is 4.39 Å². The van der Waals surface area contributed by atoms with E-state index in [2.05, 4.69) is 54.4 Å². The van der Waals surface area contributed by atoms with Gasteiger partial charge < -0.3 is 0 Å². The van der Waals surface area contributed by atoms with Crippen LogP contribution in [0.5, 0.6) is 0 Å². The number of halogens is 1. The van der Waals surface area contributed by atoms with Crippen molar-refractivity contribution in [1.82, 2.24) is 0 Å². The lowest BCUT2D eigenvalue weighted by molar-refractivity contribution is 0.630. The van der Waals surface area contributed by atoms with Crippen LogP contribution in [-0.4, -0.2) is 12.4 Å². The standard InChI is InChI=1S/C33H41FN2/c1-3-5-7-9-10-14-27-18-21-30(22-19-27)32-23-20-28(24-33(32)34)25-35-36-26-31-17-13-12-16-29(31)15-11-8-6-4-2/h12-13,16-26H,3-11,14-15H2,1-2H3. The minimum absolute atomic E-state index is 0.243. The molecule has 2 nitrogen and oxygen atoms in total. The Morgan fingerprint density at radius 2 is 1.33 bits per heavy atom. The van der Waals surface area contributed by atoms with Crippen LogP contribution in [0.3, 0.4) is 0 Å². The number of hydrogen-bond acceptors (Lipinski definition) is 2. The molecule has 0 saturated carbocycles. The first kappa shape index (κ1) is 27.5. The van der Waals surface area contributed by atoms with E-state index in [1.54, 1.807) is 12.4 Å². The molecule has 0 fully saturated rings. The zero-order valence-electron chi connectivity index (χ0n) is 22.1. The normalized spacial score (nSPS) is 11.6. The summed E-state index contributed by atoms with van der Waals surface area (Å²) >= 11 is 0. The number of unbranched alkanes of at least 4 members (excludes halogenated alkanes) is 7. The molecule has 0 saturated heterocycles. The van der Waals surface area contributed by atoms with Crippen molar-refractivity contribution in [2.75, 3.05) is 0 Å². The zero-order chi connectivity index (χ0) is 25.4. The second-order valence-electron chi connectivity index (χ2n) is 9.60. The molecule has 0 heterocycles. The average Bonchev–Trinajstić information content (AvgIpc) is 2.90. The minimum Gasteiger partial charge on any atom is -0.206 e. The lowest BCUT2D eigenvalue weighted by Gasteiger charge is -2.07. The van der Waals surface area contributed by atoms with Crippen molar-refractivity contribution in [3.05, 3.63) is 94.8 Å². The summed E-state index contributed by atoms with van der Waals surface area (Å²) in [6, 6.07) is 21.9. The van der Waals surface area contributed by atoms with Gasteiger partial charge in [0.05, 0.1) is 12.4 Å². The summed E-state index contributed by atoms with van der Waals surface area (Å²) in [6.07, 6.45) is 16.9. The fourth-order valence-electron chi connectivity index (χ4n) is 4.45. The molecular formula is C33H41FN2. The van der Waals surface area contributed by atoms with Crippen molar-refractivity contribution < 1.29 is 4.39 Å². The molecule has 190 valence electrons. The molecule has 3 rings (SSSR count). The minimum atomic E-state index is -0.243. The first-order valence-electron chi connectivity index (χ1n) is 13.7. The topological polar surface area (TPSA) is 24.7 Å². The Morgan fingerprint density at radius 3 is 2.08 bits per heavy atom. The highest BCUT2D eigenvalue weighted by atomic mass is 19.1. The molecule has 0 N–H and O–H groups in total. The maximum Gasteiger partial charge on any atom is 0.131 e. The third-order valence-corrected chi connectivity index (χ3v) is 6.65. The van der Waals surface area contributed by atoms with E-state index in [4.69, 9.17) is 0 Å². The van der Waals surface area contributed by atoms with Gasteiger partial charge in [0.15, 0.2) is 0 Å². The lowest BCUT2D eigenvalue weighted by Crippen LogP contribution is -1.93. The maximum atomic E-state index is 14.9. The highest BCUT2D eigenvalue weighted by Crippen LogP contribution is 2.24. The molecule has 3 aromatic carbocycles. The van der Waals surface area contributed by atoms with Gasteiger partial charge in [-0.2, -0.15) is 10.2 Å². The maximum absolute atomic E-state index is 14.9. The lowest BCUT2D eigenvalue weighted by atomic mass is 10.00. The predicted octanol–water partition coefficient (Wildman–Crippen LogP) is 9.58. The summed E-state index contributed by atoms with van der Waals surface area (Å²) in [5.74, 6) is -0.243. The molecular weight excluding hydrogens is 443 g/mol. The van der Waals surface area contributed by atoms with Gasteiger partial charge in [-0.15, -0.1) is 0 Å². The van der Waals surface area contributed by atoms with Gasteiger partial charge in [-0.25, -0.2) is 4.39 Å². The second-order valence-corrected chi connectivity index (χ2v) is 9.60. The van der Waals surface area contributed by atoms with Gasteiger partial charge in [0.1, 0.15) is 5.82 Å². The van der Waals surface area contributed by atoms with Crippen LogP contribution in [0, 0.1) is 5.82 Å². The molecule has 3 aromatic rings. The molecule has 36 heavy (non-hydrogen) atoms. The molecule has 0 atom stereocenters. The smallest absolute Gasteiger partial charge is 0.131 e. The number of nitrogens with zero attached hydrogens (tertiary/aromatic N) is 2. The van der Waals surface area contributed by atoms with Crippen molar-refractivity contribution in [2.24, 2.45) is 10.2 Å². The van der Waals surface area contributed by atoms with E-state index in [1.165, 1.54) is 75.0 Å². The first-order chi connectivity index (χ1) is 17.7. The van der Waals surface area contributed by atoms with Gasteiger partial charge in [-0.05, 0) is 59.6 Å². The molecule has 0 amide bonds. The van der Waals surface area contributed by atoms with E-state index >= 15 is 0 Å². The molecule has 0 aromatic heterocycles. The number of benzene rings is 3. The number of aryl methyl sites for hydroxylation is 2. The van der Waals surface area contributed by atoms with Crippen molar-refractivity contribution in [1.29, 1.82) is 0 Å². The Labute approximate surface area is 217 Å².